The minimum atomic E-state index is -0.0498. The smallest absolute Gasteiger partial charge is 0.224 e. The third-order valence-corrected chi connectivity index (χ3v) is 4.43. The van der Waals surface area contributed by atoms with Crippen molar-refractivity contribution in [2.45, 2.75) is 19.3 Å². The molecule has 0 bridgehead atoms. The zero-order chi connectivity index (χ0) is 12.8. The maximum atomic E-state index is 11.6. The fourth-order valence-electron chi connectivity index (χ4n) is 1.22. The molecule has 0 spiro atoms. The summed E-state index contributed by atoms with van der Waals surface area (Å²) in [4.78, 5) is 11.6. The Morgan fingerprint density at radius 1 is 1.24 bits per heavy atom. The Hall–Kier alpha value is 0.230. The van der Waals surface area contributed by atoms with Gasteiger partial charge in [-0.2, -0.15) is 0 Å². The summed E-state index contributed by atoms with van der Waals surface area (Å²) in [6, 6.07) is 3.48. The zero-order valence-electron chi connectivity index (χ0n) is 8.90. The van der Waals surface area contributed by atoms with Crippen LogP contribution in [0.3, 0.4) is 0 Å². The Bertz CT molecular complexity index is 413. The molecule has 0 aliphatic heterocycles. The van der Waals surface area contributed by atoms with Crippen molar-refractivity contribution >= 4 is 66.7 Å². The van der Waals surface area contributed by atoms with Gasteiger partial charge < -0.3 is 5.32 Å². The molecular weight excluding hydrogens is 393 g/mol. The Morgan fingerprint density at radius 3 is 2.59 bits per heavy atom. The maximum Gasteiger partial charge on any atom is 0.224 e. The van der Waals surface area contributed by atoms with Crippen molar-refractivity contribution in [1.29, 1.82) is 0 Å². The van der Waals surface area contributed by atoms with E-state index >= 15 is 0 Å². The largest absolute Gasteiger partial charge is 0.325 e. The second kappa shape index (κ2) is 7.62. The number of hydrogen-bond acceptors (Lipinski definition) is 1. The molecule has 94 valence electrons. The van der Waals surface area contributed by atoms with Crippen LogP contribution in [0.4, 0.5) is 5.69 Å². The first kappa shape index (κ1) is 15.3. The molecule has 0 radical (unpaired) electrons. The Labute approximate surface area is 127 Å². The monoisotopic (exact) mass is 401 g/mol. The van der Waals surface area contributed by atoms with Gasteiger partial charge in [-0.1, -0.05) is 39.1 Å². The number of nitrogens with one attached hydrogen (secondary N) is 1. The highest BCUT2D eigenvalue weighted by molar-refractivity contribution is 9.10. The Morgan fingerprint density at radius 2 is 1.94 bits per heavy atom. The van der Waals surface area contributed by atoms with E-state index in [2.05, 4.69) is 37.2 Å². The normalized spacial score (nSPS) is 10.4. The van der Waals surface area contributed by atoms with E-state index in [4.69, 9.17) is 23.2 Å². The van der Waals surface area contributed by atoms with Crippen molar-refractivity contribution < 1.29 is 4.79 Å². The van der Waals surface area contributed by atoms with Crippen LogP contribution in [0.25, 0.3) is 0 Å². The first-order chi connectivity index (χ1) is 8.06. The fraction of sp³-hybridized carbons (Fsp3) is 0.364. The zero-order valence-corrected chi connectivity index (χ0v) is 13.6. The second-order valence-corrected chi connectivity index (χ2v) is 5.82. The SMILES string of the molecule is O=C(CCCCBr)Nc1ccc(Br)c(Cl)c1Cl. The van der Waals surface area contributed by atoms with E-state index in [1.807, 2.05) is 0 Å². The quantitative estimate of drug-likeness (QED) is 0.405. The van der Waals surface area contributed by atoms with Crippen molar-refractivity contribution in [2.75, 3.05) is 10.6 Å². The predicted molar refractivity (Wildman–Crippen MR) is 80.4 cm³/mol. The van der Waals surface area contributed by atoms with Crippen LogP contribution in [0.15, 0.2) is 16.6 Å². The molecule has 6 heteroatoms. The summed E-state index contributed by atoms with van der Waals surface area (Å²) in [7, 11) is 0. The predicted octanol–water partition coefficient (Wildman–Crippen LogP) is 5.26. The van der Waals surface area contributed by atoms with Crippen molar-refractivity contribution in [2.24, 2.45) is 0 Å². The number of halogens is 4. The molecule has 1 N–H and O–H groups in total. The maximum absolute atomic E-state index is 11.6. The van der Waals surface area contributed by atoms with E-state index in [9.17, 15) is 4.79 Å². The molecule has 0 aliphatic rings. The number of anilines is 1. The van der Waals surface area contributed by atoms with Crippen molar-refractivity contribution in [3.05, 3.63) is 26.7 Å². The van der Waals surface area contributed by atoms with E-state index in [1.165, 1.54) is 0 Å². The molecule has 1 aromatic rings. The standard InChI is InChI=1S/C11H11Br2Cl2NO/c12-6-2-1-3-9(17)16-8-5-4-7(13)10(14)11(8)15/h4-5H,1-3,6H2,(H,16,17). The second-order valence-electron chi connectivity index (χ2n) is 3.42. The van der Waals surface area contributed by atoms with Gasteiger partial charge in [0, 0.05) is 16.2 Å². The van der Waals surface area contributed by atoms with Gasteiger partial charge in [-0.15, -0.1) is 0 Å². The Kier molecular flexibility index (Phi) is 6.85. The van der Waals surface area contributed by atoms with E-state index < -0.39 is 0 Å². The highest BCUT2D eigenvalue weighted by Crippen LogP contribution is 2.35. The fourth-order valence-corrected chi connectivity index (χ4v) is 2.43. The van der Waals surface area contributed by atoms with Gasteiger partial charge in [0.2, 0.25) is 5.91 Å². The van der Waals surface area contributed by atoms with Crippen molar-refractivity contribution in [3.63, 3.8) is 0 Å². The summed E-state index contributed by atoms with van der Waals surface area (Å²) in [5.74, 6) is -0.0498. The van der Waals surface area contributed by atoms with Crippen molar-refractivity contribution in [1.82, 2.24) is 0 Å². The average molecular weight is 404 g/mol. The molecule has 1 rings (SSSR count). The van der Waals surface area contributed by atoms with Crippen LogP contribution < -0.4 is 5.32 Å². The van der Waals surface area contributed by atoms with Crippen LogP contribution in [-0.4, -0.2) is 11.2 Å². The lowest BCUT2D eigenvalue weighted by Crippen LogP contribution is -2.11. The molecule has 1 amide bonds. The Balaban J connectivity index is 2.63. The van der Waals surface area contributed by atoms with E-state index in [0.717, 1.165) is 18.2 Å². The minimum absolute atomic E-state index is 0.0498. The van der Waals surface area contributed by atoms with Gasteiger partial charge >= 0.3 is 0 Å². The summed E-state index contributed by atoms with van der Waals surface area (Å²) in [6.45, 7) is 0. The van der Waals surface area contributed by atoms with Crippen LogP contribution in [0.5, 0.6) is 0 Å². The van der Waals surface area contributed by atoms with Gasteiger partial charge in [0.15, 0.2) is 0 Å². The lowest BCUT2D eigenvalue weighted by Gasteiger charge is -2.09. The lowest BCUT2D eigenvalue weighted by molar-refractivity contribution is -0.116. The van der Waals surface area contributed by atoms with Gasteiger partial charge in [-0.3, -0.25) is 4.79 Å². The van der Waals surface area contributed by atoms with Crippen LogP contribution >= 0.6 is 55.1 Å². The van der Waals surface area contributed by atoms with Gasteiger partial charge in [-0.05, 0) is 40.9 Å². The molecule has 0 aliphatic carbocycles. The van der Waals surface area contributed by atoms with Gasteiger partial charge in [-0.25, -0.2) is 0 Å². The van der Waals surface area contributed by atoms with Gasteiger partial charge in [0.1, 0.15) is 0 Å². The van der Waals surface area contributed by atoms with Crippen LogP contribution in [0, 0.1) is 0 Å². The van der Waals surface area contributed by atoms with Crippen LogP contribution in [0.2, 0.25) is 10.0 Å². The molecule has 1 aromatic carbocycles. The van der Waals surface area contributed by atoms with Crippen LogP contribution in [-0.2, 0) is 4.79 Å². The summed E-state index contributed by atoms with van der Waals surface area (Å²) in [5, 5.41) is 4.42. The highest BCUT2D eigenvalue weighted by atomic mass is 79.9. The molecule has 0 aromatic heterocycles. The topological polar surface area (TPSA) is 29.1 Å². The number of alkyl halides is 1. The summed E-state index contributed by atoms with van der Waals surface area (Å²) in [6.07, 6.45) is 2.30. The van der Waals surface area contributed by atoms with E-state index in [-0.39, 0.29) is 5.91 Å². The summed E-state index contributed by atoms with van der Waals surface area (Å²) >= 11 is 18.6. The molecular formula is C11H11Br2Cl2NO. The van der Waals surface area contributed by atoms with E-state index in [1.54, 1.807) is 12.1 Å². The molecule has 2 nitrogen and oxygen atoms in total. The van der Waals surface area contributed by atoms with Gasteiger partial charge in [0.05, 0.1) is 15.7 Å². The number of hydrogen-bond donors (Lipinski definition) is 1. The van der Waals surface area contributed by atoms with Crippen molar-refractivity contribution in [3.8, 4) is 0 Å². The van der Waals surface area contributed by atoms with Crippen LogP contribution in [0.1, 0.15) is 19.3 Å². The molecule has 0 unspecified atom stereocenters. The number of carbonyl (C=O) groups excluding carboxylic acids is 1. The highest BCUT2D eigenvalue weighted by Gasteiger charge is 2.10. The molecule has 0 saturated heterocycles. The molecule has 0 atom stereocenters. The molecule has 0 heterocycles. The molecule has 0 saturated carbocycles. The van der Waals surface area contributed by atoms with Gasteiger partial charge in [0.25, 0.3) is 0 Å². The molecule has 0 fully saturated rings. The average Bonchev–Trinajstić information content (AvgIpc) is 2.30. The molecule has 17 heavy (non-hydrogen) atoms. The first-order valence-electron chi connectivity index (χ1n) is 5.05. The third-order valence-electron chi connectivity index (χ3n) is 2.10. The minimum Gasteiger partial charge on any atom is -0.325 e. The third kappa shape index (κ3) is 4.78. The number of amides is 1. The number of unbranched alkanes of at least 4 members (excludes halogenated alkanes) is 1. The van der Waals surface area contributed by atoms with E-state index in [0.29, 0.717) is 26.6 Å². The number of rotatable bonds is 5. The summed E-state index contributed by atoms with van der Waals surface area (Å²) in [5.41, 5.74) is 0.545. The first-order valence-corrected chi connectivity index (χ1v) is 7.72. The number of benzene rings is 1. The summed E-state index contributed by atoms with van der Waals surface area (Å²) < 4.78 is 0.710. The lowest BCUT2D eigenvalue weighted by atomic mass is 10.2. The number of carbonyl (C=O) groups is 1.